The van der Waals surface area contributed by atoms with Gasteiger partial charge in [-0.2, -0.15) is 5.26 Å². The number of rotatable bonds is 4. The van der Waals surface area contributed by atoms with E-state index in [1.54, 1.807) is 4.90 Å². The summed E-state index contributed by atoms with van der Waals surface area (Å²) in [7, 11) is 1.36. The molecule has 5 nitrogen and oxygen atoms in total. The lowest BCUT2D eigenvalue weighted by Crippen LogP contribution is -2.31. The molecule has 1 fully saturated rings. The molecule has 16 heavy (non-hydrogen) atoms. The molecule has 1 aliphatic rings. The zero-order valence-electron chi connectivity index (χ0n) is 9.14. The van der Waals surface area contributed by atoms with Gasteiger partial charge in [-0.15, -0.1) is 11.8 Å². The minimum absolute atomic E-state index is 0.00773. The van der Waals surface area contributed by atoms with Crippen molar-refractivity contribution in [1.82, 2.24) is 4.90 Å². The van der Waals surface area contributed by atoms with Crippen LogP contribution in [-0.4, -0.2) is 48.5 Å². The van der Waals surface area contributed by atoms with Crippen molar-refractivity contribution in [3.05, 3.63) is 0 Å². The van der Waals surface area contributed by atoms with Crippen LogP contribution in [0.25, 0.3) is 0 Å². The van der Waals surface area contributed by atoms with Gasteiger partial charge in [0.15, 0.2) is 0 Å². The van der Waals surface area contributed by atoms with Gasteiger partial charge in [-0.1, -0.05) is 0 Å². The Morgan fingerprint density at radius 2 is 2.38 bits per heavy atom. The molecule has 0 bridgehead atoms. The van der Waals surface area contributed by atoms with Crippen molar-refractivity contribution in [2.24, 2.45) is 5.92 Å². The SMILES string of the molecule is COC(=O)C1CCN(C(=O)CSCC#N)C1. The molecule has 1 unspecified atom stereocenters. The van der Waals surface area contributed by atoms with Crippen LogP contribution < -0.4 is 0 Å². The van der Waals surface area contributed by atoms with Gasteiger partial charge in [-0.25, -0.2) is 0 Å². The number of amides is 1. The zero-order valence-corrected chi connectivity index (χ0v) is 9.96. The van der Waals surface area contributed by atoms with Crippen molar-refractivity contribution in [1.29, 1.82) is 5.26 Å². The van der Waals surface area contributed by atoms with Crippen LogP contribution in [0.5, 0.6) is 0 Å². The summed E-state index contributed by atoms with van der Waals surface area (Å²) >= 11 is 1.30. The Morgan fingerprint density at radius 3 is 3.00 bits per heavy atom. The Hall–Kier alpha value is -1.22. The minimum atomic E-state index is -0.250. The standard InChI is InChI=1S/C10H14N2O3S/c1-15-10(14)8-2-4-12(6-8)9(13)7-16-5-3-11/h8H,2,4-7H2,1H3. The molecule has 0 aliphatic carbocycles. The van der Waals surface area contributed by atoms with E-state index in [9.17, 15) is 9.59 Å². The highest BCUT2D eigenvalue weighted by molar-refractivity contribution is 8.00. The maximum atomic E-state index is 11.6. The summed E-state index contributed by atoms with van der Waals surface area (Å²) in [6.45, 7) is 1.05. The van der Waals surface area contributed by atoms with Gasteiger partial charge in [0.25, 0.3) is 0 Å². The number of likely N-dealkylation sites (tertiary alicyclic amines) is 1. The molecule has 0 spiro atoms. The Bertz CT molecular complexity index is 314. The van der Waals surface area contributed by atoms with E-state index in [2.05, 4.69) is 4.74 Å². The van der Waals surface area contributed by atoms with Gasteiger partial charge >= 0.3 is 5.97 Å². The highest BCUT2D eigenvalue weighted by atomic mass is 32.2. The lowest BCUT2D eigenvalue weighted by molar-refractivity contribution is -0.145. The molecule has 88 valence electrons. The quantitative estimate of drug-likeness (QED) is 0.522. The molecule has 0 aromatic carbocycles. The van der Waals surface area contributed by atoms with Crippen molar-refractivity contribution >= 4 is 23.6 Å². The molecule has 1 amide bonds. The first-order valence-electron chi connectivity index (χ1n) is 4.99. The molecular formula is C10H14N2O3S. The van der Waals surface area contributed by atoms with E-state index in [4.69, 9.17) is 5.26 Å². The number of methoxy groups -OCH3 is 1. The van der Waals surface area contributed by atoms with Gasteiger partial charge in [0.2, 0.25) is 5.91 Å². The van der Waals surface area contributed by atoms with E-state index in [0.717, 1.165) is 0 Å². The molecule has 1 heterocycles. The summed E-state index contributed by atoms with van der Waals surface area (Å²) in [4.78, 5) is 24.5. The van der Waals surface area contributed by atoms with Gasteiger partial charge in [-0.05, 0) is 6.42 Å². The van der Waals surface area contributed by atoms with Crippen LogP contribution in [0.2, 0.25) is 0 Å². The maximum absolute atomic E-state index is 11.6. The molecule has 0 N–H and O–H groups in total. The number of nitrogens with zero attached hydrogens (tertiary/aromatic N) is 2. The normalized spacial score (nSPS) is 19.2. The summed E-state index contributed by atoms with van der Waals surface area (Å²) in [5.74, 6) is 0.183. The average Bonchev–Trinajstić information content (AvgIpc) is 2.77. The van der Waals surface area contributed by atoms with Crippen molar-refractivity contribution in [2.45, 2.75) is 6.42 Å². The first kappa shape index (κ1) is 12.8. The summed E-state index contributed by atoms with van der Waals surface area (Å²) in [6.07, 6.45) is 0.668. The van der Waals surface area contributed by atoms with E-state index in [0.29, 0.717) is 31.0 Å². The molecule has 0 aromatic heterocycles. The van der Waals surface area contributed by atoms with Crippen LogP contribution in [0.15, 0.2) is 0 Å². The van der Waals surface area contributed by atoms with Gasteiger partial charge < -0.3 is 9.64 Å². The van der Waals surface area contributed by atoms with Crippen LogP contribution in [0.3, 0.4) is 0 Å². The number of esters is 1. The maximum Gasteiger partial charge on any atom is 0.310 e. The van der Waals surface area contributed by atoms with Crippen LogP contribution in [0, 0.1) is 17.2 Å². The topological polar surface area (TPSA) is 70.4 Å². The summed E-state index contributed by atoms with van der Waals surface area (Å²) in [5, 5.41) is 8.33. The number of hydrogen-bond donors (Lipinski definition) is 0. The fourth-order valence-corrected chi connectivity index (χ4v) is 2.17. The Labute approximate surface area is 98.7 Å². The third-order valence-electron chi connectivity index (χ3n) is 2.47. The third kappa shape index (κ3) is 3.42. The second-order valence-corrected chi connectivity index (χ2v) is 4.49. The van der Waals surface area contributed by atoms with Gasteiger partial charge in [-0.3, -0.25) is 9.59 Å². The molecule has 1 rings (SSSR count). The average molecular weight is 242 g/mol. The van der Waals surface area contributed by atoms with Crippen molar-refractivity contribution in [2.75, 3.05) is 31.7 Å². The molecule has 1 aliphatic heterocycles. The molecule has 1 atom stereocenters. The largest absolute Gasteiger partial charge is 0.469 e. The molecule has 0 saturated carbocycles. The van der Waals surface area contributed by atoms with E-state index < -0.39 is 0 Å². The van der Waals surface area contributed by atoms with Crippen molar-refractivity contribution < 1.29 is 14.3 Å². The number of carbonyl (C=O) groups is 2. The van der Waals surface area contributed by atoms with E-state index in [1.807, 2.05) is 6.07 Å². The Morgan fingerprint density at radius 1 is 1.62 bits per heavy atom. The van der Waals surface area contributed by atoms with Crippen LogP contribution >= 0.6 is 11.8 Å². The molecule has 0 aromatic rings. The van der Waals surface area contributed by atoms with E-state index in [-0.39, 0.29) is 17.8 Å². The van der Waals surface area contributed by atoms with Crippen molar-refractivity contribution in [3.63, 3.8) is 0 Å². The smallest absolute Gasteiger partial charge is 0.310 e. The second-order valence-electron chi connectivity index (χ2n) is 3.50. The van der Waals surface area contributed by atoms with Gasteiger partial charge in [0, 0.05) is 13.1 Å². The molecular weight excluding hydrogens is 228 g/mol. The van der Waals surface area contributed by atoms with Crippen LogP contribution in [-0.2, 0) is 14.3 Å². The monoisotopic (exact) mass is 242 g/mol. The highest BCUT2D eigenvalue weighted by Gasteiger charge is 2.31. The summed E-state index contributed by atoms with van der Waals surface area (Å²) < 4.78 is 4.64. The first-order valence-corrected chi connectivity index (χ1v) is 6.14. The number of nitriles is 1. The molecule has 0 radical (unpaired) electrons. The molecule has 6 heteroatoms. The second kappa shape index (κ2) is 6.38. The fourth-order valence-electron chi connectivity index (χ4n) is 1.62. The van der Waals surface area contributed by atoms with Gasteiger partial charge in [0.05, 0.1) is 30.6 Å². The fraction of sp³-hybridized carbons (Fsp3) is 0.700. The first-order chi connectivity index (χ1) is 7.69. The number of ether oxygens (including phenoxy) is 1. The predicted molar refractivity (Wildman–Crippen MR) is 59.6 cm³/mol. The van der Waals surface area contributed by atoms with Crippen LogP contribution in [0.4, 0.5) is 0 Å². The number of thioether (sulfide) groups is 1. The number of carbonyl (C=O) groups excluding carboxylic acids is 2. The summed E-state index contributed by atoms with van der Waals surface area (Å²) in [5.41, 5.74) is 0. The predicted octanol–water partition coefficient (Wildman–Crippen LogP) is 0.265. The third-order valence-corrected chi connectivity index (χ3v) is 3.25. The lowest BCUT2D eigenvalue weighted by atomic mass is 10.1. The minimum Gasteiger partial charge on any atom is -0.469 e. The number of hydrogen-bond acceptors (Lipinski definition) is 5. The zero-order chi connectivity index (χ0) is 12.0. The highest BCUT2D eigenvalue weighted by Crippen LogP contribution is 2.18. The van der Waals surface area contributed by atoms with Crippen molar-refractivity contribution in [3.8, 4) is 6.07 Å². The Balaban J connectivity index is 2.32. The van der Waals surface area contributed by atoms with E-state index in [1.165, 1.54) is 18.9 Å². The van der Waals surface area contributed by atoms with Gasteiger partial charge in [0.1, 0.15) is 0 Å². The Kier molecular flexibility index (Phi) is 5.12. The summed E-state index contributed by atoms with van der Waals surface area (Å²) in [6, 6.07) is 1.97. The van der Waals surface area contributed by atoms with Crippen LogP contribution in [0.1, 0.15) is 6.42 Å². The van der Waals surface area contributed by atoms with E-state index >= 15 is 0 Å². The lowest BCUT2D eigenvalue weighted by Gasteiger charge is -2.15. The molecule has 1 saturated heterocycles.